The number of thiazole rings is 1. The summed E-state index contributed by atoms with van der Waals surface area (Å²) in [4.78, 5) is 10.6. The maximum atomic E-state index is 4.65. The van der Waals surface area contributed by atoms with Gasteiger partial charge in [-0.15, -0.1) is 35.3 Å². The zero-order chi connectivity index (χ0) is 15.2. The highest BCUT2D eigenvalue weighted by Gasteiger charge is 2.11. The Labute approximate surface area is 150 Å². The van der Waals surface area contributed by atoms with Crippen molar-refractivity contribution in [2.45, 2.75) is 59.9 Å². The molecule has 0 fully saturated rings. The molecule has 0 saturated heterocycles. The molecule has 6 heteroatoms. The first-order valence-electron chi connectivity index (χ1n) is 7.37. The maximum absolute atomic E-state index is 4.65. The topological polar surface area (TPSA) is 49.3 Å². The number of hydrogen-bond donors (Lipinski definition) is 2. The first-order valence-corrected chi connectivity index (χ1v) is 8.19. The van der Waals surface area contributed by atoms with E-state index in [2.05, 4.69) is 62.2 Å². The number of aliphatic imine (C=N–C) groups is 1. The van der Waals surface area contributed by atoms with Crippen LogP contribution in [0.25, 0.3) is 0 Å². The average molecular weight is 424 g/mol. The number of halogens is 1. The smallest absolute Gasteiger partial charge is 0.191 e. The van der Waals surface area contributed by atoms with Gasteiger partial charge in [-0.2, -0.15) is 0 Å². The molecule has 1 aromatic heterocycles. The summed E-state index contributed by atoms with van der Waals surface area (Å²) < 4.78 is 0. The summed E-state index contributed by atoms with van der Waals surface area (Å²) in [6.45, 7) is 14.4. The van der Waals surface area contributed by atoms with Crippen molar-refractivity contribution in [1.29, 1.82) is 0 Å². The molecular formula is C15H29IN4S. The van der Waals surface area contributed by atoms with Gasteiger partial charge in [0.25, 0.3) is 0 Å². The van der Waals surface area contributed by atoms with Crippen LogP contribution in [-0.2, 0) is 12.8 Å². The maximum Gasteiger partial charge on any atom is 0.191 e. The first-order chi connectivity index (χ1) is 9.35. The van der Waals surface area contributed by atoms with E-state index in [0.717, 1.165) is 31.9 Å². The summed E-state index contributed by atoms with van der Waals surface area (Å²) in [6.07, 6.45) is 1.92. The molecule has 2 N–H and O–H groups in total. The zero-order valence-corrected chi connectivity index (χ0v) is 17.2. The predicted molar refractivity (Wildman–Crippen MR) is 104 cm³/mol. The monoisotopic (exact) mass is 424 g/mol. The molecule has 0 atom stereocenters. The van der Waals surface area contributed by atoms with Crippen LogP contribution in [0.2, 0.25) is 0 Å². The van der Waals surface area contributed by atoms with E-state index < -0.39 is 0 Å². The van der Waals surface area contributed by atoms with Gasteiger partial charge in [-0.25, -0.2) is 4.98 Å². The van der Waals surface area contributed by atoms with Crippen molar-refractivity contribution in [3.8, 4) is 0 Å². The first kappa shape index (κ1) is 20.6. The van der Waals surface area contributed by atoms with Crippen LogP contribution in [0.15, 0.2) is 4.99 Å². The third-order valence-electron chi connectivity index (χ3n) is 2.71. The van der Waals surface area contributed by atoms with Gasteiger partial charge in [0, 0.05) is 29.9 Å². The molecule has 4 nitrogen and oxygen atoms in total. The molecule has 0 aliphatic carbocycles. The van der Waals surface area contributed by atoms with Crippen LogP contribution < -0.4 is 10.6 Å². The van der Waals surface area contributed by atoms with Gasteiger partial charge in [0.15, 0.2) is 5.96 Å². The summed E-state index contributed by atoms with van der Waals surface area (Å²) in [5.41, 5.74) is 1.25. The summed E-state index contributed by atoms with van der Waals surface area (Å²) in [7, 11) is 0. The predicted octanol–water partition coefficient (Wildman–Crippen LogP) is 3.53. The minimum Gasteiger partial charge on any atom is -0.357 e. The molecule has 0 unspecified atom stereocenters. The van der Waals surface area contributed by atoms with Crippen molar-refractivity contribution in [3.63, 3.8) is 0 Å². The molecule has 1 aromatic rings. The van der Waals surface area contributed by atoms with Gasteiger partial charge < -0.3 is 10.6 Å². The second-order valence-electron chi connectivity index (χ2n) is 5.85. The minimum absolute atomic E-state index is 0. The molecule has 1 heterocycles. The molecule has 0 amide bonds. The average Bonchev–Trinajstić information content (AvgIpc) is 2.68. The van der Waals surface area contributed by atoms with Gasteiger partial charge in [-0.05, 0) is 41.0 Å². The lowest BCUT2D eigenvalue weighted by molar-refractivity contribution is 0.501. The second-order valence-corrected chi connectivity index (χ2v) is 7.14. The van der Waals surface area contributed by atoms with Gasteiger partial charge in [0.1, 0.15) is 0 Å². The molecule has 0 saturated carbocycles. The summed E-state index contributed by atoms with van der Waals surface area (Å²) in [5, 5.41) is 7.86. The number of nitrogens with zero attached hydrogens (tertiary/aromatic N) is 2. The molecule has 0 aliphatic heterocycles. The fourth-order valence-corrected chi connectivity index (χ4v) is 2.86. The number of aryl methyl sites for hydroxylation is 2. The van der Waals surface area contributed by atoms with Crippen molar-refractivity contribution >= 4 is 41.3 Å². The number of nitrogens with one attached hydrogen (secondary N) is 2. The van der Waals surface area contributed by atoms with Crippen molar-refractivity contribution in [1.82, 2.24) is 15.6 Å². The van der Waals surface area contributed by atoms with Gasteiger partial charge in [0.2, 0.25) is 0 Å². The van der Waals surface area contributed by atoms with Crippen molar-refractivity contribution in [2.24, 2.45) is 4.99 Å². The third-order valence-corrected chi connectivity index (χ3v) is 3.78. The van der Waals surface area contributed by atoms with Gasteiger partial charge in [-0.1, -0.05) is 6.92 Å². The molecule has 0 bridgehead atoms. The standard InChI is InChI=1S/C15H28N4S.HI/c1-7-12-11(3)20-13(18-12)9-10-17-14(16-8-2)19-15(4,5)6;/h7-10H2,1-6H3,(H2,16,17,19);1H. The van der Waals surface area contributed by atoms with E-state index in [-0.39, 0.29) is 29.5 Å². The molecule has 122 valence electrons. The molecule has 0 spiro atoms. The van der Waals surface area contributed by atoms with E-state index in [1.54, 1.807) is 11.3 Å². The van der Waals surface area contributed by atoms with Crippen LogP contribution in [0, 0.1) is 6.92 Å². The summed E-state index contributed by atoms with van der Waals surface area (Å²) in [5.74, 6) is 0.879. The lowest BCUT2D eigenvalue weighted by atomic mass is 10.1. The Kier molecular flexibility index (Phi) is 9.44. The van der Waals surface area contributed by atoms with Gasteiger partial charge in [-0.3, -0.25) is 4.99 Å². The van der Waals surface area contributed by atoms with Crippen molar-refractivity contribution in [2.75, 3.05) is 13.1 Å². The Bertz CT molecular complexity index is 449. The van der Waals surface area contributed by atoms with E-state index >= 15 is 0 Å². The number of rotatable bonds is 5. The highest BCUT2D eigenvalue weighted by molar-refractivity contribution is 14.0. The second kappa shape index (κ2) is 9.61. The normalized spacial score (nSPS) is 12.0. The van der Waals surface area contributed by atoms with Crippen LogP contribution in [-0.4, -0.2) is 29.6 Å². The Morgan fingerprint density at radius 2 is 1.95 bits per heavy atom. The zero-order valence-electron chi connectivity index (χ0n) is 14.0. The van der Waals surface area contributed by atoms with Crippen LogP contribution in [0.1, 0.15) is 50.2 Å². The Morgan fingerprint density at radius 1 is 1.29 bits per heavy atom. The lowest BCUT2D eigenvalue weighted by Gasteiger charge is -2.23. The van der Waals surface area contributed by atoms with Crippen LogP contribution in [0.3, 0.4) is 0 Å². The molecular weight excluding hydrogens is 395 g/mol. The van der Waals surface area contributed by atoms with Crippen LogP contribution in [0.5, 0.6) is 0 Å². The SMILES string of the molecule is CCNC(=NCCc1nc(CC)c(C)s1)NC(C)(C)C.I. The fraction of sp³-hybridized carbons (Fsp3) is 0.733. The van der Waals surface area contributed by atoms with Gasteiger partial charge >= 0.3 is 0 Å². The lowest BCUT2D eigenvalue weighted by Crippen LogP contribution is -2.47. The molecule has 0 aromatic carbocycles. The van der Waals surface area contributed by atoms with E-state index in [0.29, 0.717) is 0 Å². The quantitative estimate of drug-likeness (QED) is 0.432. The van der Waals surface area contributed by atoms with E-state index in [1.807, 2.05) is 0 Å². The Morgan fingerprint density at radius 3 is 2.43 bits per heavy atom. The van der Waals surface area contributed by atoms with E-state index in [9.17, 15) is 0 Å². The molecule has 1 rings (SSSR count). The van der Waals surface area contributed by atoms with Gasteiger partial charge in [0.05, 0.1) is 10.7 Å². The minimum atomic E-state index is 0. The number of aromatic nitrogens is 1. The van der Waals surface area contributed by atoms with Crippen molar-refractivity contribution < 1.29 is 0 Å². The van der Waals surface area contributed by atoms with Crippen molar-refractivity contribution in [3.05, 3.63) is 15.6 Å². The number of guanidine groups is 1. The highest BCUT2D eigenvalue weighted by Crippen LogP contribution is 2.18. The third kappa shape index (κ3) is 7.99. The fourth-order valence-electron chi connectivity index (χ4n) is 1.85. The summed E-state index contributed by atoms with van der Waals surface area (Å²) in [6, 6.07) is 0. The van der Waals surface area contributed by atoms with E-state index in [1.165, 1.54) is 15.6 Å². The summed E-state index contributed by atoms with van der Waals surface area (Å²) >= 11 is 1.80. The number of hydrogen-bond acceptors (Lipinski definition) is 3. The molecule has 0 radical (unpaired) electrons. The van der Waals surface area contributed by atoms with Crippen LogP contribution in [0.4, 0.5) is 0 Å². The van der Waals surface area contributed by atoms with Crippen LogP contribution >= 0.6 is 35.3 Å². The molecule has 21 heavy (non-hydrogen) atoms. The largest absolute Gasteiger partial charge is 0.357 e. The molecule has 0 aliphatic rings. The van der Waals surface area contributed by atoms with E-state index in [4.69, 9.17) is 0 Å². The highest BCUT2D eigenvalue weighted by atomic mass is 127. The Hall–Kier alpha value is -0.370. The Balaban J connectivity index is 0.00000400.